The zero-order chi connectivity index (χ0) is 21.4. The van der Waals surface area contributed by atoms with Gasteiger partial charge in [0.25, 0.3) is 0 Å². The lowest BCUT2D eigenvalue weighted by molar-refractivity contribution is 0.168. The van der Waals surface area contributed by atoms with Gasteiger partial charge in [0.15, 0.2) is 0 Å². The van der Waals surface area contributed by atoms with Crippen molar-refractivity contribution in [2.24, 2.45) is 0 Å². The molecule has 0 atom stereocenters. The quantitative estimate of drug-likeness (QED) is 0.420. The second-order valence-corrected chi connectivity index (χ2v) is 7.91. The van der Waals surface area contributed by atoms with Gasteiger partial charge in [0, 0.05) is 5.56 Å². The first kappa shape index (κ1) is 23.2. The molecule has 1 heterocycles. The van der Waals surface area contributed by atoms with Crippen molar-refractivity contribution in [1.29, 1.82) is 0 Å². The number of hydrogen-bond donors (Lipinski definition) is 0. The van der Waals surface area contributed by atoms with Crippen molar-refractivity contribution in [2.45, 2.75) is 92.1 Å². The molecule has 0 radical (unpaired) electrons. The van der Waals surface area contributed by atoms with Crippen LogP contribution in [-0.2, 0) is 12.8 Å². The molecule has 2 rings (SSSR count). The number of ether oxygens (including phenoxy) is 2. The zero-order valence-electron chi connectivity index (χ0n) is 19.3. The van der Waals surface area contributed by atoms with E-state index >= 15 is 0 Å². The van der Waals surface area contributed by atoms with E-state index in [0.29, 0.717) is 11.8 Å². The minimum Gasteiger partial charge on any atom is -0.496 e. The van der Waals surface area contributed by atoms with E-state index in [9.17, 15) is 0 Å². The summed E-state index contributed by atoms with van der Waals surface area (Å²) in [6, 6.07) is 6.40. The highest BCUT2D eigenvalue weighted by atomic mass is 16.5. The molecule has 0 amide bonds. The van der Waals surface area contributed by atoms with Gasteiger partial charge in [0.1, 0.15) is 17.5 Å². The summed E-state index contributed by atoms with van der Waals surface area (Å²) in [4.78, 5) is 9.96. The lowest BCUT2D eigenvalue weighted by atomic mass is 9.98. The Bertz CT molecular complexity index is 781. The van der Waals surface area contributed by atoms with Crippen LogP contribution in [0.1, 0.15) is 90.1 Å². The first-order valence-corrected chi connectivity index (χ1v) is 11.2. The molecule has 4 heteroatoms. The maximum absolute atomic E-state index is 6.35. The molecule has 0 aliphatic rings. The molecule has 0 bridgehead atoms. The van der Waals surface area contributed by atoms with Crippen molar-refractivity contribution < 1.29 is 9.47 Å². The molecule has 0 unspecified atom stereocenters. The molecule has 0 aliphatic heterocycles. The van der Waals surface area contributed by atoms with Crippen molar-refractivity contribution in [3.63, 3.8) is 0 Å². The van der Waals surface area contributed by atoms with Crippen molar-refractivity contribution in [1.82, 2.24) is 9.97 Å². The molecule has 0 saturated carbocycles. The highest BCUT2D eigenvalue weighted by Gasteiger charge is 2.20. The lowest BCUT2D eigenvalue weighted by Gasteiger charge is -2.21. The maximum Gasteiger partial charge on any atom is 0.236 e. The molecule has 1 aromatic carbocycles. The smallest absolute Gasteiger partial charge is 0.236 e. The summed E-state index contributed by atoms with van der Waals surface area (Å²) in [6.45, 7) is 13.0. The first-order valence-electron chi connectivity index (χ1n) is 11.2. The number of methoxy groups -OCH3 is 1. The largest absolute Gasteiger partial charge is 0.496 e. The maximum atomic E-state index is 6.35. The number of benzene rings is 1. The number of aromatic nitrogens is 2. The van der Waals surface area contributed by atoms with Gasteiger partial charge in [0.05, 0.1) is 18.5 Å². The van der Waals surface area contributed by atoms with Gasteiger partial charge in [0.2, 0.25) is 5.88 Å². The summed E-state index contributed by atoms with van der Waals surface area (Å²) in [5.74, 6) is 2.01. The van der Waals surface area contributed by atoms with E-state index in [-0.39, 0.29) is 6.10 Å². The predicted octanol–water partition coefficient (Wildman–Crippen LogP) is 6.75. The minimum atomic E-state index is 0.208. The number of rotatable bonds is 11. The number of hydrogen-bond acceptors (Lipinski definition) is 4. The third-order valence-electron chi connectivity index (χ3n) is 5.32. The van der Waals surface area contributed by atoms with Crippen molar-refractivity contribution in [2.75, 3.05) is 7.11 Å². The molecule has 2 aromatic rings. The van der Waals surface area contributed by atoms with Gasteiger partial charge in [-0.3, -0.25) is 0 Å². The van der Waals surface area contributed by atoms with Crippen LogP contribution < -0.4 is 9.47 Å². The van der Waals surface area contributed by atoms with Crippen LogP contribution in [0, 0.1) is 0 Å². The summed E-state index contributed by atoms with van der Waals surface area (Å²) < 4.78 is 12.1. The summed E-state index contributed by atoms with van der Waals surface area (Å²) in [5.41, 5.74) is 5.05. The number of nitrogens with zero attached hydrogens (tertiary/aromatic N) is 2. The Labute approximate surface area is 177 Å². The van der Waals surface area contributed by atoms with Gasteiger partial charge in [-0.25, -0.2) is 9.97 Å². The monoisotopic (exact) mass is 398 g/mol. The molecule has 160 valence electrons. The van der Waals surface area contributed by atoms with E-state index < -0.39 is 0 Å². The predicted molar refractivity (Wildman–Crippen MR) is 121 cm³/mol. The Morgan fingerprint density at radius 3 is 2.07 bits per heavy atom. The third-order valence-corrected chi connectivity index (χ3v) is 5.32. The van der Waals surface area contributed by atoms with Crippen LogP contribution in [0.4, 0.5) is 0 Å². The van der Waals surface area contributed by atoms with E-state index in [1.165, 1.54) is 5.56 Å². The highest BCUT2D eigenvalue weighted by molar-refractivity contribution is 5.70. The Kier molecular flexibility index (Phi) is 8.94. The van der Waals surface area contributed by atoms with Gasteiger partial charge in [-0.2, -0.15) is 0 Å². The normalized spacial score (nSPS) is 11.3. The van der Waals surface area contributed by atoms with Crippen molar-refractivity contribution in [3.8, 4) is 22.9 Å². The third kappa shape index (κ3) is 5.71. The van der Waals surface area contributed by atoms with E-state index in [2.05, 4.69) is 59.7 Å². The molecule has 0 aliphatic carbocycles. The molecule has 0 spiro atoms. The van der Waals surface area contributed by atoms with Gasteiger partial charge in [-0.1, -0.05) is 60.5 Å². The van der Waals surface area contributed by atoms with E-state index in [1.54, 1.807) is 7.11 Å². The zero-order valence-corrected chi connectivity index (χ0v) is 19.3. The van der Waals surface area contributed by atoms with Gasteiger partial charge < -0.3 is 9.47 Å². The molecular formula is C25H38N2O2. The fourth-order valence-corrected chi connectivity index (χ4v) is 3.60. The summed E-state index contributed by atoms with van der Waals surface area (Å²) in [5, 5.41) is 0. The second-order valence-electron chi connectivity index (χ2n) is 7.91. The fraction of sp³-hybridized carbons (Fsp3) is 0.600. The molecular weight excluding hydrogens is 360 g/mol. The van der Waals surface area contributed by atoms with Crippen LogP contribution >= 0.6 is 0 Å². The van der Waals surface area contributed by atoms with Crippen LogP contribution in [0.3, 0.4) is 0 Å². The lowest BCUT2D eigenvalue weighted by Crippen LogP contribution is -2.19. The average Bonchev–Trinajstić information content (AvgIpc) is 2.73. The molecule has 4 nitrogen and oxygen atoms in total. The molecule has 1 aromatic heterocycles. The van der Waals surface area contributed by atoms with Crippen LogP contribution in [0.5, 0.6) is 11.6 Å². The summed E-state index contributed by atoms with van der Waals surface area (Å²) in [6.07, 6.45) is 6.11. The van der Waals surface area contributed by atoms with Crippen molar-refractivity contribution >= 4 is 0 Å². The molecule has 0 saturated heterocycles. The van der Waals surface area contributed by atoms with E-state index in [4.69, 9.17) is 19.4 Å². The first-order chi connectivity index (χ1) is 14.0. The highest BCUT2D eigenvalue weighted by Crippen LogP contribution is 2.35. The number of aryl methyl sites for hydroxylation is 2. The van der Waals surface area contributed by atoms with E-state index in [1.807, 2.05) is 0 Å². The molecule has 29 heavy (non-hydrogen) atoms. The Morgan fingerprint density at radius 2 is 1.55 bits per heavy atom. The average molecular weight is 399 g/mol. The minimum absolute atomic E-state index is 0.208. The summed E-state index contributed by atoms with van der Waals surface area (Å²) in [7, 11) is 1.72. The van der Waals surface area contributed by atoms with Crippen LogP contribution in [0.25, 0.3) is 11.3 Å². The van der Waals surface area contributed by atoms with Crippen molar-refractivity contribution in [3.05, 3.63) is 35.2 Å². The Hall–Kier alpha value is -2.10. The van der Waals surface area contributed by atoms with Gasteiger partial charge in [-0.05, 0) is 49.3 Å². The van der Waals surface area contributed by atoms with Gasteiger partial charge in [-0.15, -0.1) is 0 Å². The van der Waals surface area contributed by atoms with Crippen LogP contribution in [0.2, 0.25) is 0 Å². The fourth-order valence-electron chi connectivity index (χ4n) is 3.60. The Morgan fingerprint density at radius 1 is 0.897 bits per heavy atom. The topological polar surface area (TPSA) is 44.2 Å². The summed E-state index contributed by atoms with van der Waals surface area (Å²) >= 11 is 0. The van der Waals surface area contributed by atoms with E-state index in [0.717, 1.165) is 66.9 Å². The van der Waals surface area contributed by atoms with Gasteiger partial charge >= 0.3 is 0 Å². The van der Waals surface area contributed by atoms with Crippen LogP contribution in [0.15, 0.2) is 18.2 Å². The standard InChI is InChI=1S/C25H38N2O2/c1-8-12-19(13-9-2)29-25-22(11-4)26-24(21(10-3)27-25)20-15-14-18(17(5)6)16-23(20)28-7/h14-17,19H,8-13H2,1-7H3. The molecule has 0 N–H and O–H groups in total. The molecule has 0 fully saturated rings. The SMILES string of the molecule is CCCC(CCC)Oc1nc(CC)c(-c2ccc(C(C)C)cc2OC)nc1CC. The second kappa shape index (κ2) is 11.2. The van der Waals surface area contributed by atoms with Crippen LogP contribution in [-0.4, -0.2) is 23.2 Å². The Balaban J connectivity index is 2.52.